The molecular weight excluding hydrogens is 528 g/mol. The van der Waals surface area contributed by atoms with E-state index in [0.29, 0.717) is 19.3 Å². The molecule has 0 saturated heterocycles. The van der Waals surface area contributed by atoms with Crippen LogP contribution in [0.5, 0.6) is 0 Å². The van der Waals surface area contributed by atoms with Crippen molar-refractivity contribution in [2.24, 2.45) is 0 Å². The van der Waals surface area contributed by atoms with E-state index in [-0.39, 0.29) is 0 Å². The second-order valence-electron chi connectivity index (χ2n) is 11.5. The lowest BCUT2D eigenvalue weighted by Crippen LogP contribution is -1.93. The van der Waals surface area contributed by atoms with Crippen molar-refractivity contribution in [3.05, 3.63) is 0 Å². The molecule has 0 aromatic rings. The van der Waals surface area contributed by atoms with Gasteiger partial charge in [-0.3, -0.25) is 14.4 Å². The lowest BCUT2D eigenvalue weighted by molar-refractivity contribution is -0.138. The predicted molar refractivity (Wildman–Crippen MR) is 181 cm³/mol. The Hall–Kier alpha value is -1.59. The maximum Gasteiger partial charge on any atom is 0.303 e. The molecule has 0 spiro atoms. The Kier molecular flexibility index (Phi) is 52.3. The number of aliphatic carboxylic acids is 3. The maximum absolute atomic E-state index is 10.1. The average Bonchev–Trinajstić information content (AvgIpc) is 2.95. The van der Waals surface area contributed by atoms with E-state index in [9.17, 15) is 14.4 Å². The van der Waals surface area contributed by atoms with Crippen LogP contribution in [0.1, 0.15) is 214 Å². The van der Waals surface area contributed by atoms with Gasteiger partial charge in [-0.2, -0.15) is 0 Å². The topological polar surface area (TPSA) is 112 Å². The van der Waals surface area contributed by atoms with Crippen LogP contribution in [0.25, 0.3) is 0 Å². The number of hydrogen-bond donors (Lipinski definition) is 3. The molecule has 0 atom stereocenters. The van der Waals surface area contributed by atoms with E-state index in [1.165, 1.54) is 116 Å². The summed E-state index contributed by atoms with van der Waals surface area (Å²) < 4.78 is 0. The fourth-order valence-corrected chi connectivity index (χ4v) is 4.20. The van der Waals surface area contributed by atoms with Crippen molar-refractivity contribution in [2.45, 2.75) is 214 Å². The summed E-state index contributed by atoms with van der Waals surface area (Å²) in [6.45, 7) is 11.0. The van der Waals surface area contributed by atoms with E-state index in [4.69, 9.17) is 15.3 Å². The number of carboxylic acid groups (broad SMARTS) is 3. The lowest BCUT2D eigenvalue weighted by Gasteiger charge is -1.99. The van der Waals surface area contributed by atoms with Crippen molar-refractivity contribution < 1.29 is 29.7 Å². The first-order valence-corrected chi connectivity index (χ1v) is 17.9. The van der Waals surface area contributed by atoms with Gasteiger partial charge in [0.1, 0.15) is 0 Å². The number of unbranched alkanes of at least 4 members (excludes halogenated alkanes) is 21. The van der Waals surface area contributed by atoms with Gasteiger partial charge in [-0.1, -0.05) is 176 Å². The number of rotatable bonds is 27. The fourth-order valence-electron chi connectivity index (χ4n) is 4.20. The van der Waals surface area contributed by atoms with Gasteiger partial charge in [0, 0.05) is 19.3 Å². The lowest BCUT2D eigenvalue weighted by atomic mass is 10.1. The van der Waals surface area contributed by atoms with Gasteiger partial charge in [-0.15, -0.1) is 0 Å². The Bertz CT molecular complexity index is 511. The van der Waals surface area contributed by atoms with Gasteiger partial charge in [-0.05, 0) is 19.3 Å². The molecule has 0 unspecified atom stereocenters. The molecular formula is C36H74O6. The molecule has 0 saturated carbocycles. The Morgan fingerprint density at radius 3 is 0.619 bits per heavy atom. The molecule has 0 bridgehead atoms. The molecule has 6 nitrogen and oxygen atoms in total. The highest BCUT2D eigenvalue weighted by atomic mass is 16.4. The van der Waals surface area contributed by atoms with Crippen LogP contribution in [0.3, 0.4) is 0 Å². The van der Waals surface area contributed by atoms with E-state index in [2.05, 4.69) is 34.6 Å². The van der Waals surface area contributed by atoms with Gasteiger partial charge in [-0.25, -0.2) is 0 Å². The molecule has 3 N–H and O–H groups in total. The molecule has 0 radical (unpaired) electrons. The zero-order valence-corrected chi connectivity index (χ0v) is 28.9. The van der Waals surface area contributed by atoms with Crippen LogP contribution in [0.15, 0.2) is 0 Å². The third-order valence-corrected chi connectivity index (χ3v) is 6.94. The second kappa shape index (κ2) is 46.4. The molecule has 6 heteroatoms. The van der Waals surface area contributed by atoms with Crippen molar-refractivity contribution >= 4 is 17.9 Å². The highest BCUT2D eigenvalue weighted by Crippen LogP contribution is 2.10. The molecule has 0 aromatic carbocycles. The summed E-state index contributed by atoms with van der Waals surface area (Å²) in [5.74, 6) is -2.02. The van der Waals surface area contributed by atoms with Gasteiger partial charge in [0.25, 0.3) is 0 Å². The summed E-state index contributed by atoms with van der Waals surface area (Å²) >= 11 is 0. The summed E-state index contributed by atoms with van der Waals surface area (Å²) in [6.07, 6.45) is 32.2. The molecule has 42 heavy (non-hydrogen) atoms. The molecule has 254 valence electrons. The van der Waals surface area contributed by atoms with Crippen LogP contribution < -0.4 is 0 Å². The van der Waals surface area contributed by atoms with Gasteiger partial charge in [0.05, 0.1) is 0 Å². The molecule has 0 rings (SSSR count). The van der Waals surface area contributed by atoms with E-state index >= 15 is 0 Å². The van der Waals surface area contributed by atoms with Crippen molar-refractivity contribution in [1.82, 2.24) is 0 Å². The summed E-state index contributed by atoms with van der Waals surface area (Å²) in [6, 6.07) is 0. The van der Waals surface area contributed by atoms with Crippen molar-refractivity contribution in [2.75, 3.05) is 0 Å². The predicted octanol–water partition coefficient (Wildman–Crippen LogP) is 12.2. The minimum Gasteiger partial charge on any atom is -0.481 e. The van der Waals surface area contributed by atoms with Crippen LogP contribution in [0, 0.1) is 0 Å². The minimum atomic E-state index is -0.682. The summed E-state index contributed by atoms with van der Waals surface area (Å²) in [5.41, 5.74) is 0. The molecule has 0 fully saturated rings. The smallest absolute Gasteiger partial charge is 0.303 e. The number of carboxylic acids is 3. The third kappa shape index (κ3) is 66.6. The SMILES string of the molecule is CCCCCC(=O)O.CCCCCCCC(=O)O.CCCCCCCCCC(=O)O.CCCCCCCCCCCC. The first-order chi connectivity index (χ1) is 20.2. The maximum atomic E-state index is 10.1. The van der Waals surface area contributed by atoms with Crippen molar-refractivity contribution in [3.63, 3.8) is 0 Å². The van der Waals surface area contributed by atoms with Crippen molar-refractivity contribution in [3.8, 4) is 0 Å². The number of hydrogen-bond acceptors (Lipinski definition) is 3. The van der Waals surface area contributed by atoms with Crippen LogP contribution in [-0.4, -0.2) is 33.2 Å². The zero-order chi connectivity index (χ0) is 32.5. The van der Waals surface area contributed by atoms with Gasteiger partial charge >= 0.3 is 17.9 Å². The van der Waals surface area contributed by atoms with Crippen LogP contribution in [0.4, 0.5) is 0 Å². The molecule has 0 amide bonds. The standard InChI is InChI=1S/C12H26.C10H20O2.C8H16O2.C6H12O2/c1-3-5-7-9-11-12-10-8-6-4-2;1-2-3-4-5-6-7-8-9-10(11)12;1-2-3-4-5-6-7-8(9)10;1-2-3-4-5-6(7)8/h3-12H2,1-2H3;2-9H2,1H3,(H,11,12);2-7H2,1H3,(H,9,10);2-5H2,1H3,(H,7,8). The van der Waals surface area contributed by atoms with Gasteiger partial charge in [0.2, 0.25) is 0 Å². The van der Waals surface area contributed by atoms with Gasteiger partial charge in [0.15, 0.2) is 0 Å². The fraction of sp³-hybridized carbons (Fsp3) is 0.917. The largest absolute Gasteiger partial charge is 0.481 e. The van der Waals surface area contributed by atoms with Crippen LogP contribution >= 0.6 is 0 Å². The molecule has 0 aliphatic heterocycles. The molecule has 0 aromatic heterocycles. The van der Waals surface area contributed by atoms with E-state index < -0.39 is 17.9 Å². The zero-order valence-electron chi connectivity index (χ0n) is 28.9. The highest BCUT2D eigenvalue weighted by Gasteiger charge is 1.96. The van der Waals surface area contributed by atoms with E-state index in [0.717, 1.165) is 44.9 Å². The van der Waals surface area contributed by atoms with Crippen LogP contribution in [-0.2, 0) is 14.4 Å². The van der Waals surface area contributed by atoms with E-state index in [1.54, 1.807) is 0 Å². The Morgan fingerprint density at radius 1 is 0.286 bits per heavy atom. The Morgan fingerprint density at radius 2 is 0.429 bits per heavy atom. The molecule has 0 heterocycles. The van der Waals surface area contributed by atoms with Crippen LogP contribution in [0.2, 0.25) is 0 Å². The minimum absolute atomic E-state index is 0.327. The average molecular weight is 603 g/mol. The van der Waals surface area contributed by atoms with Crippen molar-refractivity contribution in [1.29, 1.82) is 0 Å². The Labute approximate surface area is 261 Å². The first-order valence-electron chi connectivity index (χ1n) is 17.9. The summed E-state index contributed by atoms with van der Waals surface area (Å²) in [7, 11) is 0. The van der Waals surface area contributed by atoms with Gasteiger partial charge < -0.3 is 15.3 Å². The molecule has 0 aliphatic carbocycles. The Balaban J connectivity index is -0.000000232. The highest BCUT2D eigenvalue weighted by molar-refractivity contribution is 5.67. The first kappa shape index (κ1) is 47.3. The summed E-state index contributed by atoms with van der Waals surface area (Å²) in [4.78, 5) is 30.0. The number of carbonyl (C=O) groups is 3. The monoisotopic (exact) mass is 603 g/mol. The molecule has 0 aliphatic rings. The normalized spacial score (nSPS) is 9.93. The quantitative estimate of drug-likeness (QED) is 0.0806. The third-order valence-electron chi connectivity index (χ3n) is 6.94. The second-order valence-corrected chi connectivity index (χ2v) is 11.5. The van der Waals surface area contributed by atoms with E-state index in [1.807, 2.05) is 0 Å². The summed E-state index contributed by atoms with van der Waals surface area (Å²) in [5, 5.41) is 24.8.